The Morgan fingerprint density at radius 2 is 2.17 bits per heavy atom. The molecule has 1 fully saturated rings. The first-order valence-corrected chi connectivity index (χ1v) is 7.90. The van der Waals surface area contributed by atoms with Crippen molar-refractivity contribution in [3.63, 3.8) is 0 Å². The van der Waals surface area contributed by atoms with Crippen LogP contribution in [-0.2, 0) is 11.2 Å². The normalized spacial score (nSPS) is 19.5. The molecule has 2 rings (SSSR count). The fourth-order valence-corrected chi connectivity index (χ4v) is 2.93. The molecule has 126 valence electrons. The summed E-state index contributed by atoms with van der Waals surface area (Å²) in [7, 11) is 0. The van der Waals surface area contributed by atoms with Crippen LogP contribution in [0.5, 0.6) is 0 Å². The second-order valence-corrected chi connectivity index (χ2v) is 5.77. The largest absolute Gasteiger partial charge is 0.352 e. The van der Waals surface area contributed by atoms with Gasteiger partial charge in [0.1, 0.15) is 0 Å². The number of nitrogens with one attached hydrogen (secondary N) is 1. The second-order valence-electron chi connectivity index (χ2n) is 5.77. The summed E-state index contributed by atoms with van der Waals surface area (Å²) in [6, 6.07) is 5.88. The summed E-state index contributed by atoms with van der Waals surface area (Å²) in [5.74, 6) is -0.619. The van der Waals surface area contributed by atoms with Gasteiger partial charge in [0.15, 0.2) is 6.17 Å². The Morgan fingerprint density at radius 3 is 2.78 bits per heavy atom. The quantitative estimate of drug-likeness (QED) is 0.616. The van der Waals surface area contributed by atoms with E-state index in [4.69, 9.17) is 0 Å². The summed E-state index contributed by atoms with van der Waals surface area (Å²) in [5, 5.41) is 13.2. The Morgan fingerprint density at radius 1 is 1.48 bits per heavy atom. The number of amides is 1. The number of nitro groups is 1. The lowest BCUT2D eigenvalue weighted by Gasteiger charge is -2.23. The first-order chi connectivity index (χ1) is 11.0. The molecule has 0 radical (unpaired) electrons. The zero-order valence-electron chi connectivity index (χ0n) is 13.2. The smallest absolute Gasteiger partial charge is 0.269 e. The molecule has 1 N–H and O–H groups in total. The Bertz CT molecular complexity index is 550. The second kappa shape index (κ2) is 8.01. The molecular formula is C16H22FN3O3. The minimum Gasteiger partial charge on any atom is -0.352 e. The van der Waals surface area contributed by atoms with Crippen molar-refractivity contribution in [2.24, 2.45) is 0 Å². The lowest BCUT2D eigenvalue weighted by atomic mass is 10.1. The molecule has 2 atom stereocenters. The molecule has 1 aromatic rings. The molecule has 1 aliphatic heterocycles. The fraction of sp³-hybridized carbons (Fsp3) is 0.562. The van der Waals surface area contributed by atoms with E-state index < -0.39 is 17.0 Å². The first-order valence-electron chi connectivity index (χ1n) is 7.90. The van der Waals surface area contributed by atoms with Gasteiger partial charge >= 0.3 is 0 Å². The number of likely N-dealkylation sites (N-methyl/N-ethyl adjacent to an activating group) is 1. The highest BCUT2D eigenvalue weighted by Crippen LogP contribution is 2.16. The molecule has 0 spiro atoms. The van der Waals surface area contributed by atoms with Gasteiger partial charge in [-0.25, -0.2) is 4.39 Å². The number of carbonyl (C=O) groups excluding carboxylic acids is 1. The molecule has 7 heteroatoms. The number of carbonyl (C=O) groups is 1. The van der Waals surface area contributed by atoms with Gasteiger partial charge in [-0.3, -0.25) is 19.8 Å². The van der Waals surface area contributed by atoms with Gasteiger partial charge in [0.05, 0.1) is 4.92 Å². The standard InChI is InChI=1S/C16H22FN3O3/c1-2-19-9-3-4-14(19)11-18-16(21)15(17)10-12-5-7-13(8-6-12)20(22)23/h5-8,14-15H,2-4,9-11H2,1H3,(H,18,21). The van der Waals surface area contributed by atoms with Crippen LogP contribution in [-0.4, -0.2) is 47.6 Å². The van der Waals surface area contributed by atoms with E-state index >= 15 is 0 Å². The van der Waals surface area contributed by atoms with E-state index in [2.05, 4.69) is 17.1 Å². The van der Waals surface area contributed by atoms with Crippen molar-refractivity contribution in [2.75, 3.05) is 19.6 Å². The van der Waals surface area contributed by atoms with Gasteiger partial charge in [-0.05, 0) is 31.5 Å². The zero-order valence-corrected chi connectivity index (χ0v) is 13.2. The summed E-state index contributed by atoms with van der Waals surface area (Å²) in [6.07, 6.45) is 0.406. The average Bonchev–Trinajstić information content (AvgIpc) is 3.00. The Labute approximate surface area is 134 Å². The lowest BCUT2D eigenvalue weighted by molar-refractivity contribution is -0.384. The number of hydrogen-bond donors (Lipinski definition) is 1. The zero-order chi connectivity index (χ0) is 16.8. The molecule has 1 heterocycles. The number of likely N-dealkylation sites (tertiary alicyclic amines) is 1. The van der Waals surface area contributed by atoms with E-state index in [9.17, 15) is 19.3 Å². The number of nitro benzene ring substituents is 1. The molecule has 1 saturated heterocycles. The van der Waals surface area contributed by atoms with E-state index in [0.29, 0.717) is 12.1 Å². The number of halogens is 1. The predicted octanol–water partition coefficient (Wildman–Crippen LogP) is 2.08. The van der Waals surface area contributed by atoms with Gasteiger partial charge in [0.2, 0.25) is 0 Å². The minimum absolute atomic E-state index is 0.0468. The summed E-state index contributed by atoms with van der Waals surface area (Å²) in [5.41, 5.74) is 0.517. The molecule has 0 bridgehead atoms. The van der Waals surface area contributed by atoms with Gasteiger partial charge in [0.25, 0.3) is 11.6 Å². The molecule has 0 saturated carbocycles. The Kier molecular flexibility index (Phi) is 6.04. The van der Waals surface area contributed by atoms with Crippen LogP contribution in [0, 0.1) is 10.1 Å². The summed E-state index contributed by atoms with van der Waals surface area (Å²) >= 11 is 0. The number of nitrogens with zero attached hydrogens (tertiary/aromatic N) is 2. The molecule has 1 aromatic carbocycles. The van der Waals surface area contributed by atoms with Crippen molar-refractivity contribution in [2.45, 2.75) is 38.4 Å². The van der Waals surface area contributed by atoms with Crippen molar-refractivity contribution >= 4 is 11.6 Å². The van der Waals surface area contributed by atoms with Gasteiger partial charge < -0.3 is 5.32 Å². The molecule has 1 amide bonds. The van der Waals surface area contributed by atoms with Gasteiger partial charge in [0, 0.05) is 31.1 Å². The Balaban J connectivity index is 1.81. The maximum atomic E-state index is 14.0. The highest BCUT2D eigenvalue weighted by atomic mass is 19.1. The van der Waals surface area contributed by atoms with Crippen molar-refractivity contribution in [1.29, 1.82) is 0 Å². The third-order valence-corrected chi connectivity index (χ3v) is 4.26. The highest BCUT2D eigenvalue weighted by molar-refractivity contribution is 5.81. The maximum absolute atomic E-state index is 14.0. The van der Waals surface area contributed by atoms with Crippen LogP contribution in [0.15, 0.2) is 24.3 Å². The van der Waals surface area contributed by atoms with E-state index in [-0.39, 0.29) is 18.2 Å². The third kappa shape index (κ3) is 4.72. The Hall–Kier alpha value is -2.02. The lowest BCUT2D eigenvalue weighted by Crippen LogP contribution is -2.43. The summed E-state index contributed by atoms with van der Waals surface area (Å²) in [6.45, 7) is 4.50. The maximum Gasteiger partial charge on any atom is 0.269 e. The number of benzene rings is 1. The van der Waals surface area contributed by atoms with Crippen LogP contribution < -0.4 is 5.32 Å². The SMILES string of the molecule is CCN1CCCC1CNC(=O)C(F)Cc1ccc([N+](=O)[O-])cc1. The van der Waals surface area contributed by atoms with Crippen LogP contribution in [0.3, 0.4) is 0 Å². The molecule has 0 aliphatic carbocycles. The van der Waals surface area contributed by atoms with Gasteiger partial charge in [-0.1, -0.05) is 19.1 Å². The van der Waals surface area contributed by atoms with Crippen molar-refractivity contribution < 1.29 is 14.1 Å². The van der Waals surface area contributed by atoms with Crippen molar-refractivity contribution in [1.82, 2.24) is 10.2 Å². The highest BCUT2D eigenvalue weighted by Gasteiger charge is 2.25. The molecule has 0 aromatic heterocycles. The molecule has 6 nitrogen and oxygen atoms in total. The topological polar surface area (TPSA) is 75.5 Å². The first kappa shape index (κ1) is 17.3. The van der Waals surface area contributed by atoms with E-state index in [0.717, 1.165) is 25.9 Å². The summed E-state index contributed by atoms with van der Waals surface area (Å²) in [4.78, 5) is 24.2. The molecule has 1 aliphatic rings. The minimum atomic E-state index is -1.65. The van der Waals surface area contributed by atoms with Gasteiger partial charge in [-0.15, -0.1) is 0 Å². The van der Waals surface area contributed by atoms with E-state index in [1.165, 1.54) is 24.3 Å². The fourth-order valence-electron chi connectivity index (χ4n) is 2.93. The van der Waals surface area contributed by atoms with Crippen LogP contribution in [0.4, 0.5) is 10.1 Å². The van der Waals surface area contributed by atoms with Crippen LogP contribution in [0.1, 0.15) is 25.3 Å². The van der Waals surface area contributed by atoms with Gasteiger partial charge in [-0.2, -0.15) is 0 Å². The summed E-state index contributed by atoms with van der Waals surface area (Å²) < 4.78 is 14.0. The third-order valence-electron chi connectivity index (χ3n) is 4.26. The predicted molar refractivity (Wildman–Crippen MR) is 85.0 cm³/mol. The van der Waals surface area contributed by atoms with Crippen LogP contribution in [0.25, 0.3) is 0 Å². The number of non-ortho nitro benzene ring substituents is 1. The molecular weight excluding hydrogens is 301 g/mol. The number of rotatable bonds is 7. The average molecular weight is 323 g/mol. The van der Waals surface area contributed by atoms with Crippen molar-refractivity contribution in [3.8, 4) is 0 Å². The molecule has 23 heavy (non-hydrogen) atoms. The molecule has 2 unspecified atom stereocenters. The number of alkyl halides is 1. The van der Waals surface area contributed by atoms with Crippen LogP contribution >= 0.6 is 0 Å². The monoisotopic (exact) mass is 323 g/mol. The van der Waals surface area contributed by atoms with E-state index in [1.54, 1.807) is 0 Å². The van der Waals surface area contributed by atoms with Crippen molar-refractivity contribution in [3.05, 3.63) is 39.9 Å². The van der Waals surface area contributed by atoms with Crippen LogP contribution in [0.2, 0.25) is 0 Å². The van der Waals surface area contributed by atoms with E-state index in [1.807, 2.05) is 0 Å². The number of hydrogen-bond acceptors (Lipinski definition) is 4.